The Balaban J connectivity index is 1.72. The summed E-state index contributed by atoms with van der Waals surface area (Å²) in [5.74, 6) is 0.963. The number of hydrogen-bond acceptors (Lipinski definition) is 4. The Labute approximate surface area is 139 Å². The second kappa shape index (κ2) is 9.63. The van der Waals surface area contributed by atoms with Gasteiger partial charge in [0.15, 0.2) is 5.96 Å². The molecule has 0 aromatic heterocycles. The lowest BCUT2D eigenvalue weighted by Gasteiger charge is -2.26. The predicted molar refractivity (Wildman–Crippen MR) is 95.9 cm³/mol. The number of ether oxygens (including phenoxy) is 1. The molecule has 0 aromatic carbocycles. The quantitative estimate of drug-likeness (QED) is 0.548. The number of rotatable bonds is 7. The van der Waals surface area contributed by atoms with Crippen molar-refractivity contribution in [3.8, 4) is 0 Å². The van der Waals surface area contributed by atoms with Gasteiger partial charge in [-0.05, 0) is 44.9 Å². The van der Waals surface area contributed by atoms with Gasteiger partial charge in [0.05, 0.1) is 6.61 Å². The number of nitrogens with zero attached hydrogens (tertiary/aromatic N) is 2. The Bertz CT molecular complexity index is 353. The van der Waals surface area contributed by atoms with Crippen molar-refractivity contribution in [2.75, 3.05) is 46.7 Å². The molecule has 1 saturated heterocycles. The Hall–Kier alpha value is -0.460. The van der Waals surface area contributed by atoms with Crippen LogP contribution in [-0.4, -0.2) is 74.8 Å². The Morgan fingerprint density at radius 2 is 2.23 bits per heavy atom. The van der Waals surface area contributed by atoms with Gasteiger partial charge in [0.2, 0.25) is 0 Å². The molecule has 0 aromatic rings. The summed E-state index contributed by atoms with van der Waals surface area (Å²) >= 11 is 1.99. The smallest absolute Gasteiger partial charge is 0.191 e. The molecule has 128 valence electrons. The first-order chi connectivity index (χ1) is 10.8. The molecule has 6 heteroatoms. The normalized spacial score (nSPS) is 30.0. The fourth-order valence-corrected chi connectivity index (χ4v) is 4.31. The van der Waals surface area contributed by atoms with E-state index in [-0.39, 0.29) is 0 Å². The predicted octanol–water partition coefficient (Wildman–Crippen LogP) is 1.55. The van der Waals surface area contributed by atoms with Gasteiger partial charge >= 0.3 is 0 Å². The number of hydrogen-bond donors (Lipinski definition) is 2. The van der Waals surface area contributed by atoms with Crippen LogP contribution >= 0.6 is 11.8 Å². The minimum atomic E-state index is 0.580. The number of aliphatic imine (C=N–C) groups is 1. The van der Waals surface area contributed by atoms with E-state index in [4.69, 9.17) is 4.74 Å². The zero-order chi connectivity index (χ0) is 15.8. The topological polar surface area (TPSA) is 48.9 Å². The first-order valence-corrected chi connectivity index (χ1v) is 9.78. The van der Waals surface area contributed by atoms with Gasteiger partial charge < -0.3 is 15.4 Å². The van der Waals surface area contributed by atoms with Crippen LogP contribution in [0.25, 0.3) is 0 Å². The molecule has 0 radical (unpaired) electrons. The van der Waals surface area contributed by atoms with Gasteiger partial charge in [-0.2, -0.15) is 11.8 Å². The largest absolute Gasteiger partial charge is 0.383 e. The maximum atomic E-state index is 5.21. The van der Waals surface area contributed by atoms with Crippen LogP contribution in [0.4, 0.5) is 0 Å². The van der Waals surface area contributed by atoms with Crippen molar-refractivity contribution in [3.05, 3.63) is 0 Å². The summed E-state index contributed by atoms with van der Waals surface area (Å²) < 4.78 is 5.21. The molecule has 3 unspecified atom stereocenters. The number of thioether (sulfide) groups is 1. The lowest BCUT2D eigenvalue weighted by molar-refractivity contribution is 0.141. The van der Waals surface area contributed by atoms with E-state index in [0.29, 0.717) is 12.1 Å². The van der Waals surface area contributed by atoms with E-state index in [9.17, 15) is 0 Å². The molecule has 5 nitrogen and oxygen atoms in total. The Morgan fingerprint density at radius 3 is 2.91 bits per heavy atom. The molecule has 2 rings (SSSR count). The van der Waals surface area contributed by atoms with E-state index in [1.165, 1.54) is 38.6 Å². The van der Waals surface area contributed by atoms with E-state index >= 15 is 0 Å². The van der Waals surface area contributed by atoms with Crippen LogP contribution in [0, 0.1) is 0 Å². The van der Waals surface area contributed by atoms with E-state index in [1.807, 2.05) is 18.8 Å². The van der Waals surface area contributed by atoms with Gasteiger partial charge in [0, 0.05) is 44.6 Å². The molecule has 1 aliphatic carbocycles. The van der Waals surface area contributed by atoms with Gasteiger partial charge in [-0.3, -0.25) is 9.89 Å². The Kier molecular flexibility index (Phi) is 7.83. The number of nitrogens with one attached hydrogen (secondary N) is 2. The molecule has 3 atom stereocenters. The second-order valence-corrected chi connectivity index (χ2v) is 7.43. The van der Waals surface area contributed by atoms with Gasteiger partial charge in [-0.15, -0.1) is 0 Å². The first kappa shape index (κ1) is 17.9. The number of methoxy groups -OCH3 is 1. The van der Waals surface area contributed by atoms with Crippen LogP contribution < -0.4 is 10.6 Å². The summed E-state index contributed by atoms with van der Waals surface area (Å²) in [5, 5.41) is 7.94. The highest BCUT2D eigenvalue weighted by atomic mass is 32.2. The molecule has 0 bridgehead atoms. The van der Waals surface area contributed by atoms with Crippen molar-refractivity contribution in [2.24, 2.45) is 4.99 Å². The fourth-order valence-electron chi connectivity index (χ4n) is 3.52. The summed E-state index contributed by atoms with van der Waals surface area (Å²) in [6, 6.07) is 1.19. The lowest BCUT2D eigenvalue weighted by atomic mass is 10.2. The van der Waals surface area contributed by atoms with Crippen LogP contribution in [0.3, 0.4) is 0 Å². The van der Waals surface area contributed by atoms with Crippen molar-refractivity contribution in [1.29, 1.82) is 0 Å². The molecule has 2 N–H and O–H groups in total. The molecule has 0 spiro atoms. The minimum Gasteiger partial charge on any atom is -0.383 e. The highest BCUT2D eigenvalue weighted by Gasteiger charge is 2.26. The minimum absolute atomic E-state index is 0.580. The summed E-state index contributed by atoms with van der Waals surface area (Å²) in [4.78, 5) is 6.93. The van der Waals surface area contributed by atoms with Crippen molar-refractivity contribution in [2.45, 2.75) is 49.4 Å². The van der Waals surface area contributed by atoms with Gasteiger partial charge in [-0.25, -0.2) is 0 Å². The van der Waals surface area contributed by atoms with E-state index in [0.717, 1.165) is 30.9 Å². The zero-order valence-electron chi connectivity index (χ0n) is 14.3. The molecular formula is C16H32N4OS. The van der Waals surface area contributed by atoms with E-state index in [1.54, 1.807) is 7.11 Å². The standard InChI is InChI=1S/C16H32N4OS/c1-17-16(19-13-6-7-15(11-13)22-3)18-12-14-5-4-8-20(14)9-10-21-2/h13-15H,4-12H2,1-3H3,(H2,17,18,19). The van der Waals surface area contributed by atoms with Crippen LogP contribution in [-0.2, 0) is 4.74 Å². The van der Waals surface area contributed by atoms with Crippen LogP contribution in [0.5, 0.6) is 0 Å². The average molecular weight is 329 g/mol. The zero-order valence-corrected chi connectivity index (χ0v) is 15.1. The number of guanidine groups is 1. The van der Waals surface area contributed by atoms with Gasteiger partial charge in [-0.1, -0.05) is 0 Å². The first-order valence-electron chi connectivity index (χ1n) is 8.49. The van der Waals surface area contributed by atoms with E-state index in [2.05, 4.69) is 26.8 Å². The monoisotopic (exact) mass is 328 g/mol. The summed E-state index contributed by atoms with van der Waals surface area (Å²) in [6.45, 7) is 4.02. The summed E-state index contributed by atoms with van der Waals surface area (Å²) in [5.41, 5.74) is 0. The second-order valence-electron chi connectivity index (χ2n) is 6.29. The summed E-state index contributed by atoms with van der Waals surface area (Å²) in [7, 11) is 3.65. The van der Waals surface area contributed by atoms with Crippen molar-refractivity contribution < 1.29 is 4.74 Å². The average Bonchev–Trinajstić information content (AvgIpc) is 3.18. The lowest BCUT2D eigenvalue weighted by Crippen LogP contribution is -2.47. The molecular weight excluding hydrogens is 296 g/mol. The van der Waals surface area contributed by atoms with Crippen molar-refractivity contribution >= 4 is 17.7 Å². The van der Waals surface area contributed by atoms with Crippen LogP contribution in [0.15, 0.2) is 4.99 Å². The maximum Gasteiger partial charge on any atom is 0.191 e. The van der Waals surface area contributed by atoms with Crippen LogP contribution in [0.2, 0.25) is 0 Å². The third-order valence-corrected chi connectivity index (χ3v) is 5.96. The van der Waals surface area contributed by atoms with Crippen molar-refractivity contribution in [1.82, 2.24) is 15.5 Å². The molecule has 0 amide bonds. The Morgan fingerprint density at radius 1 is 1.36 bits per heavy atom. The molecule has 1 heterocycles. The van der Waals surface area contributed by atoms with Gasteiger partial charge in [0.1, 0.15) is 0 Å². The molecule has 1 saturated carbocycles. The molecule has 2 aliphatic rings. The van der Waals surface area contributed by atoms with Gasteiger partial charge in [0.25, 0.3) is 0 Å². The fraction of sp³-hybridized carbons (Fsp3) is 0.938. The van der Waals surface area contributed by atoms with Crippen molar-refractivity contribution in [3.63, 3.8) is 0 Å². The van der Waals surface area contributed by atoms with Crippen LogP contribution in [0.1, 0.15) is 32.1 Å². The third-order valence-electron chi connectivity index (χ3n) is 4.87. The number of likely N-dealkylation sites (tertiary alicyclic amines) is 1. The highest BCUT2D eigenvalue weighted by molar-refractivity contribution is 7.99. The SMILES string of the molecule is CN=C(NCC1CCCN1CCOC)NC1CCC(SC)C1. The molecule has 22 heavy (non-hydrogen) atoms. The maximum absolute atomic E-state index is 5.21. The summed E-state index contributed by atoms with van der Waals surface area (Å²) in [6.07, 6.45) is 8.62. The third kappa shape index (κ3) is 5.32. The van der Waals surface area contributed by atoms with E-state index < -0.39 is 0 Å². The highest BCUT2D eigenvalue weighted by Crippen LogP contribution is 2.28. The molecule has 1 aliphatic heterocycles. The molecule has 2 fully saturated rings.